The molecule has 0 unspecified atom stereocenters. The van der Waals surface area contributed by atoms with Crippen molar-refractivity contribution in [1.82, 2.24) is 4.31 Å². The summed E-state index contributed by atoms with van der Waals surface area (Å²) in [5, 5.41) is 2.96. The van der Waals surface area contributed by atoms with Gasteiger partial charge in [0, 0.05) is 24.2 Å². The molecule has 1 saturated carbocycles. The maximum Gasteiger partial charge on any atom is 0.264 e. The number of piperidine rings is 1. The Balaban J connectivity index is 1.48. The highest BCUT2D eigenvalue weighted by Gasteiger charge is 2.52. The van der Waals surface area contributed by atoms with E-state index in [4.69, 9.17) is 16.3 Å². The number of benzene rings is 2. The van der Waals surface area contributed by atoms with Gasteiger partial charge < -0.3 is 10.1 Å². The number of hydrogen-bond donors (Lipinski definition) is 2. The van der Waals surface area contributed by atoms with Gasteiger partial charge in [-0.3, -0.25) is 9.52 Å². The van der Waals surface area contributed by atoms with Gasteiger partial charge in [-0.1, -0.05) is 18.0 Å². The van der Waals surface area contributed by atoms with Crippen molar-refractivity contribution in [1.29, 1.82) is 0 Å². The first-order valence-corrected chi connectivity index (χ1v) is 15.2. The molecule has 1 aliphatic carbocycles. The first-order chi connectivity index (χ1) is 16.9. The second-order valence-corrected chi connectivity index (χ2v) is 13.5. The van der Waals surface area contributed by atoms with Crippen molar-refractivity contribution < 1.29 is 30.8 Å². The van der Waals surface area contributed by atoms with Crippen LogP contribution in [0, 0.1) is 5.82 Å². The zero-order chi connectivity index (χ0) is 25.9. The SMILES string of the molecule is CS(=O)(=O)N1CCC(Oc2cc(NS(=O)(=O)c3ccc(Cl)cc3F)cc3c2NC(=O)C32CCC2)CC1. The van der Waals surface area contributed by atoms with E-state index in [-0.39, 0.29) is 28.5 Å². The molecule has 2 N–H and O–H groups in total. The van der Waals surface area contributed by atoms with Crippen molar-refractivity contribution in [2.45, 2.75) is 48.5 Å². The molecule has 13 heteroatoms. The van der Waals surface area contributed by atoms with E-state index in [9.17, 15) is 26.0 Å². The van der Waals surface area contributed by atoms with Gasteiger partial charge in [0.15, 0.2) is 0 Å². The molecule has 9 nitrogen and oxygen atoms in total. The number of nitrogens with zero attached hydrogens (tertiary/aromatic N) is 1. The minimum absolute atomic E-state index is 0.0677. The molecule has 3 aliphatic rings. The molecule has 2 aliphatic heterocycles. The minimum Gasteiger partial charge on any atom is -0.488 e. The summed E-state index contributed by atoms with van der Waals surface area (Å²) in [7, 11) is -7.61. The molecule has 2 heterocycles. The molecule has 1 spiro atoms. The number of amides is 1. The molecule has 0 atom stereocenters. The zero-order valence-electron chi connectivity index (χ0n) is 19.4. The molecule has 5 rings (SSSR count). The van der Waals surface area contributed by atoms with Crippen LogP contribution in [-0.4, -0.2) is 52.5 Å². The van der Waals surface area contributed by atoms with Gasteiger partial charge in [-0.05, 0) is 55.5 Å². The maximum atomic E-state index is 14.4. The Morgan fingerprint density at radius 3 is 2.42 bits per heavy atom. The summed E-state index contributed by atoms with van der Waals surface area (Å²) >= 11 is 5.76. The van der Waals surface area contributed by atoms with Crippen LogP contribution in [0.2, 0.25) is 5.02 Å². The van der Waals surface area contributed by atoms with Crippen LogP contribution in [0.25, 0.3) is 0 Å². The highest BCUT2D eigenvalue weighted by Crippen LogP contribution is 2.54. The number of fused-ring (bicyclic) bond motifs is 2. The smallest absolute Gasteiger partial charge is 0.264 e. The Labute approximate surface area is 214 Å². The largest absolute Gasteiger partial charge is 0.488 e. The van der Waals surface area contributed by atoms with Crippen molar-refractivity contribution in [2.75, 3.05) is 29.4 Å². The first kappa shape index (κ1) is 25.2. The van der Waals surface area contributed by atoms with Gasteiger partial charge in [0.25, 0.3) is 10.0 Å². The summed E-state index contributed by atoms with van der Waals surface area (Å²) in [5.74, 6) is -0.862. The average Bonchev–Trinajstić information content (AvgIpc) is 3.05. The number of sulfonamides is 2. The van der Waals surface area contributed by atoms with Gasteiger partial charge in [-0.25, -0.2) is 25.5 Å². The molecule has 194 valence electrons. The van der Waals surface area contributed by atoms with E-state index in [0.717, 1.165) is 24.8 Å². The van der Waals surface area contributed by atoms with E-state index in [1.165, 1.54) is 16.4 Å². The molecule has 2 aromatic carbocycles. The number of hydrogen-bond acceptors (Lipinski definition) is 6. The lowest BCUT2D eigenvalue weighted by Crippen LogP contribution is -2.41. The highest BCUT2D eigenvalue weighted by molar-refractivity contribution is 7.92. The van der Waals surface area contributed by atoms with E-state index >= 15 is 0 Å². The normalized spacial score (nSPS) is 20.0. The molecular weight excluding hydrogens is 533 g/mol. The van der Waals surface area contributed by atoms with Gasteiger partial charge in [-0.15, -0.1) is 0 Å². The lowest BCUT2D eigenvalue weighted by atomic mass is 9.65. The van der Waals surface area contributed by atoms with Crippen molar-refractivity contribution >= 4 is 48.9 Å². The summed E-state index contributed by atoms with van der Waals surface area (Å²) in [6, 6.07) is 6.34. The van der Waals surface area contributed by atoms with E-state index in [1.54, 1.807) is 6.07 Å². The summed E-state index contributed by atoms with van der Waals surface area (Å²) in [6.45, 7) is 0.592. The minimum atomic E-state index is -4.31. The second kappa shape index (κ2) is 8.86. The van der Waals surface area contributed by atoms with Crippen LogP contribution >= 0.6 is 11.6 Å². The lowest BCUT2D eigenvalue weighted by Gasteiger charge is -2.36. The van der Waals surface area contributed by atoms with Crippen LogP contribution in [0.3, 0.4) is 0 Å². The predicted molar refractivity (Wildman–Crippen MR) is 133 cm³/mol. The lowest BCUT2D eigenvalue weighted by molar-refractivity contribution is -0.123. The second-order valence-electron chi connectivity index (χ2n) is 9.45. The molecule has 36 heavy (non-hydrogen) atoms. The standard InChI is InChI=1S/C23H25ClFN3O6S2/c1-35(30,31)28-9-5-16(6-10-28)34-19-13-15(12-17-21(19)26-22(29)23(17)7-2-8-23)27-36(32,33)20-4-3-14(24)11-18(20)25/h3-4,11-13,16,27H,2,5-10H2,1H3,(H,26,29). The number of halogens is 2. The summed E-state index contributed by atoms with van der Waals surface area (Å²) in [4.78, 5) is 12.3. The third-order valence-electron chi connectivity index (χ3n) is 7.10. The average molecular weight is 558 g/mol. The monoisotopic (exact) mass is 557 g/mol. The molecule has 2 aromatic rings. The summed E-state index contributed by atoms with van der Waals surface area (Å²) < 4.78 is 74.0. The van der Waals surface area contributed by atoms with Crippen molar-refractivity contribution in [3.63, 3.8) is 0 Å². The fraction of sp³-hybridized carbons (Fsp3) is 0.435. The van der Waals surface area contributed by atoms with Crippen molar-refractivity contribution in [2.24, 2.45) is 0 Å². The van der Waals surface area contributed by atoms with Gasteiger partial charge in [0.2, 0.25) is 15.9 Å². The van der Waals surface area contributed by atoms with E-state index in [2.05, 4.69) is 10.0 Å². The van der Waals surface area contributed by atoms with Crippen molar-refractivity contribution in [3.05, 3.63) is 46.7 Å². The number of rotatable bonds is 6. The number of carbonyl (C=O) groups excluding carboxylic acids is 1. The number of anilines is 2. The molecule has 0 radical (unpaired) electrons. The highest BCUT2D eigenvalue weighted by atomic mass is 35.5. The Hall–Kier alpha value is -2.41. The Morgan fingerprint density at radius 1 is 1.14 bits per heavy atom. The Morgan fingerprint density at radius 2 is 1.83 bits per heavy atom. The third-order valence-corrected chi connectivity index (χ3v) is 10.1. The quantitative estimate of drug-likeness (QED) is 0.561. The van der Waals surface area contributed by atoms with Gasteiger partial charge >= 0.3 is 0 Å². The van der Waals surface area contributed by atoms with Crippen LogP contribution in [-0.2, 0) is 30.3 Å². The molecule has 1 amide bonds. The van der Waals surface area contributed by atoms with Gasteiger partial charge in [0.05, 0.1) is 23.0 Å². The fourth-order valence-corrected chi connectivity index (χ4v) is 7.15. The summed E-state index contributed by atoms with van der Waals surface area (Å²) in [6.07, 6.45) is 3.81. The van der Waals surface area contributed by atoms with Crippen molar-refractivity contribution in [3.8, 4) is 5.75 Å². The van der Waals surface area contributed by atoms with E-state index in [0.29, 0.717) is 50.0 Å². The predicted octanol–water partition coefficient (Wildman–Crippen LogP) is 3.46. The molecule has 0 bridgehead atoms. The first-order valence-electron chi connectivity index (χ1n) is 11.5. The van der Waals surface area contributed by atoms with E-state index < -0.39 is 36.2 Å². The van der Waals surface area contributed by atoms with Gasteiger partial charge in [-0.2, -0.15) is 0 Å². The fourth-order valence-electron chi connectivity index (χ4n) is 5.02. The molecular formula is C23H25ClFN3O6S2. The van der Waals surface area contributed by atoms with Crippen LogP contribution in [0.5, 0.6) is 5.75 Å². The molecule has 1 saturated heterocycles. The third kappa shape index (κ3) is 4.44. The van der Waals surface area contributed by atoms with Crippen LogP contribution in [0.1, 0.15) is 37.7 Å². The topological polar surface area (TPSA) is 122 Å². The Bertz CT molecular complexity index is 1450. The zero-order valence-corrected chi connectivity index (χ0v) is 21.8. The number of nitrogens with one attached hydrogen (secondary N) is 2. The van der Waals surface area contributed by atoms with Crippen LogP contribution in [0.4, 0.5) is 15.8 Å². The Kier molecular flexibility index (Phi) is 6.21. The molecule has 2 fully saturated rings. The van der Waals surface area contributed by atoms with Crippen LogP contribution < -0.4 is 14.8 Å². The number of ether oxygens (including phenoxy) is 1. The van der Waals surface area contributed by atoms with Crippen LogP contribution in [0.15, 0.2) is 35.2 Å². The number of carbonyl (C=O) groups is 1. The van der Waals surface area contributed by atoms with Gasteiger partial charge in [0.1, 0.15) is 22.6 Å². The summed E-state index contributed by atoms with van der Waals surface area (Å²) in [5.41, 5.74) is 0.513. The van der Waals surface area contributed by atoms with E-state index in [1.807, 2.05) is 0 Å². The molecule has 0 aromatic heterocycles. The maximum absolute atomic E-state index is 14.4.